The van der Waals surface area contributed by atoms with E-state index >= 15 is 0 Å². The standard InChI is InChI=1S/C18H26N6O3/c1-5-18(3,4)9-13(10-23(27)11-25)16(26)24(19)17-20-14-7-6-12(2)8-15(14)21-22-17/h6-8,11,13,27H,5,9-10,19H2,1-4H3. The quantitative estimate of drug-likeness (QED) is 0.237. The largest absolute Gasteiger partial charge is 0.286 e. The minimum Gasteiger partial charge on any atom is -0.286 e. The Bertz CT molecular complexity index is 826. The van der Waals surface area contributed by atoms with E-state index in [1.807, 2.05) is 39.8 Å². The second-order valence-electron chi connectivity index (χ2n) is 7.46. The van der Waals surface area contributed by atoms with E-state index in [9.17, 15) is 14.8 Å². The van der Waals surface area contributed by atoms with Gasteiger partial charge >= 0.3 is 0 Å². The van der Waals surface area contributed by atoms with Gasteiger partial charge in [0.25, 0.3) is 5.95 Å². The van der Waals surface area contributed by atoms with E-state index in [2.05, 4.69) is 15.2 Å². The highest BCUT2D eigenvalue weighted by molar-refractivity contribution is 5.93. The fourth-order valence-corrected chi connectivity index (χ4v) is 2.74. The molecule has 0 bridgehead atoms. The minimum atomic E-state index is -0.711. The molecule has 146 valence electrons. The fraction of sp³-hybridized carbons (Fsp3) is 0.500. The van der Waals surface area contributed by atoms with Crippen molar-refractivity contribution in [3.05, 3.63) is 23.8 Å². The van der Waals surface area contributed by atoms with Crippen LogP contribution in [0.25, 0.3) is 11.0 Å². The Labute approximate surface area is 158 Å². The molecule has 2 rings (SSSR count). The Hall–Kier alpha value is -2.65. The van der Waals surface area contributed by atoms with E-state index in [-0.39, 0.29) is 24.3 Å². The van der Waals surface area contributed by atoms with Gasteiger partial charge in [0.15, 0.2) is 0 Å². The maximum absolute atomic E-state index is 12.9. The molecule has 2 aromatic rings. The van der Waals surface area contributed by atoms with Crippen LogP contribution >= 0.6 is 0 Å². The molecule has 9 heteroatoms. The molecular weight excluding hydrogens is 348 g/mol. The summed E-state index contributed by atoms with van der Waals surface area (Å²) >= 11 is 0. The van der Waals surface area contributed by atoms with E-state index in [1.54, 1.807) is 6.07 Å². The van der Waals surface area contributed by atoms with E-state index in [0.717, 1.165) is 17.0 Å². The second-order valence-corrected chi connectivity index (χ2v) is 7.46. The molecule has 0 saturated carbocycles. The molecule has 0 aliphatic carbocycles. The van der Waals surface area contributed by atoms with Gasteiger partial charge in [-0.25, -0.2) is 20.9 Å². The maximum Gasteiger partial charge on any atom is 0.267 e. The molecule has 1 atom stereocenters. The average molecular weight is 374 g/mol. The Morgan fingerprint density at radius 3 is 2.67 bits per heavy atom. The summed E-state index contributed by atoms with van der Waals surface area (Å²) in [7, 11) is 0. The Morgan fingerprint density at radius 1 is 1.33 bits per heavy atom. The Balaban J connectivity index is 2.29. The number of nitrogens with zero attached hydrogens (tertiary/aromatic N) is 5. The van der Waals surface area contributed by atoms with Crippen LogP contribution in [-0.2, 0) is 9.59 Å². The van der Waals surface area contributed by atoms with Gasteiger partial charge in [0, 0.05) is 0 Å². The van der Waals surface area contributed by atoms with E-state index < -0.39 is 11.8 Å². The van der Waals surface area contributed by atoms with Crippen molar-refractivity contribution in [3.8, 4) is 0 Å². The van der Waals surface area contributed by atoms with Gasteiger partial charge in [0.05, 0.1) is 18.0 Å². The zero-order chi connectivity index (χ0) is 20.2. The lowest BCUT2D eigenvalue weighted by atomic mass is 9.80. The van der Waals surface area contributed by atoms with Crippen LogP contribution in [-0.4, -0.2) is 44.3 Å². The molecular formula is C18H26N6O3. The lowest BCUT2D eigenvalue weighted by Crippen LogP contribution is -2.47. The molecule has 0 spiro atoms. The lowest BCUT2D eigenvalue weighted by Gasteiger charge is -2.30. The van der Waals surface area contributed by atoms with Gasteiger partial charge in [0.2, 0.25) is 12.3 Å². The summed E-state index contributed by atoms with van der Waals surface area (Å²) in [6, 6.07) is 5.49. The van der Waals surface area contributed by atoms with Crippen molar-refractivity contribution >= 4 is 29.3 Å². The smallest absolute Gasteiger partial charge is 0.267 e. The van der Waals surface area contributed by atoms with Crippen molar-refractivity contribution in [1.29, 1.82) is 0 Å². The number of carbonyl (C=O) groups excluding carboxylic acids is 2. The summed E-state index contributed by atoms with van der Waals surface area (Å²) in [5.74, 6) is 4.73. The number of rotatable bonds is 8. The summed E-state index contributed by atoms with van der Waals surface area (Å²) in [6.45, 7) is 7.79. The van der Waals surface area contributed by atoms with Crippen LogP contribution in [0, 0.1) is 18.3 Å². The van der Waals surface area contributed by atoms with Gasteiger partial charge in [-0.3, -0.25) is 14.8 Å². The summed E-state index contributed by atoms with van der Waals surface area (Å²) in [6.07, 6.45) is 1.51. The zero-order valence-corrected chi connectivity index (χ0v) is 16.1. The lowest BCUT2D eigenvalue weighted by molar-refractivity contribution is -0.155. The predicted octanol–water partition coefficient (Wildman–Crippen LogP) is 1.83. The molecule has 1 aromatic carbocycles. The molecule has 1 unspecified atom stereocenters. The number of carbonyl (C=O) groups is 2. The normalized spacial score (nSPS) is 12.7. The monoisotopic (exact) mass is 374 g/mol. The zero-order valence-electron chi connectivity index (χ0n) is 16.1. The first kappa shape index (κ1) is 20.7. The first-order valence-electron chi connectivity index (χ1n) is 8.77. The molecule has 0 aliphatic heterocycles. The number of amides is 2. The van der Waals surface area contributed by atoms with E-state index in [0.29, 0.717) is 22.5 Å². The number of aryl methyl sites for hydroxylation is 1. The second kappa shape index (κ2) is 8.36. The predicted molar refractivity (Wildman–Crippen MR) is 100 cm³/mol. The minimum absolute atomic E-state index is 0.0359. The molecule has 0 radical (unpaired) electrons. The number of hydroxylamine groups is 2. The molecule has 1 heterocycles. The van der Waals surface area contributed by atoms with Crippen LogP contribution in [0.15, 0.2) is 18.2 Å². The van der Waals surface area contributed by atoms with Crippen molar-refractivity contribution in [2.24, 2.45) is 17.2 Å². The third kappa shape index (κ3) is 5.18. The van der Waals surface area contributed by atoms with Crippen LogP contribution in [0.5, 0.6) is 0 Å². The van der Waals surface area contributed by atoms with Gasteiger partial charge in [-0.05, 0) is 36.5 Å². The molecule has 27 heavy (non-hydrogen) atoms. The number of anilines is 1. The number of fused-ring (bicyclic) bond motifs is 1. The van der Waals surface area contributed by atoms with Gasteiger partial charge in [0.1, 0.15) is 5.52 Å². The number of benzene rings is 1. The van der Waals surface area contributed by atoms with Crippen molar-refractivity contribution in [3.63, 3.8) is 0 Å². The van der Waals surface area contributed by atoms with Crippen LogP contribution in [0.4, 0.5) is 5.95 Å². The number of hydrogen-bond donors (Lipinski definition) is 2. The van der Waals surface area contributed by atoms with E-state index in [4.69, 9.17) is 5.84 Å². The number of hydrogen-bond acceptors (Lipinski definition) is 7. The van der Waals surface area contributed by atoms with Gasteiger partial charge in [-0.1, -0.05) is 33.3 Å². The number of aromatic nitrogens is 3. The first-order valence-corrected chi connectivity index (χ1v) is 8.77. The topological polar surface area (TPSA) is 126 Å². The molecule has 0 aliphatic rings. The third-order valence-electron chi connectivity index (χ3n) is 4.69. The van der Waals surface area contributed by atoms with Crippen LogP contribution in [0.2, 0.25) is 0 Å². The summed E-state index contributed by atoms with van der Waals surface area (Å²) < 4.78 is 0. The average Bonchev–Trinajstić information content (AvgIpc) is 2.65. The summed E-state index contributed by atoms with van der Waals surface area (Å²) in [5, 5.41) is 18.9. The Kier molecular flexibility index (Phi) is 6.40. The fourth-order valence-electron chi connectivity index (χ4n) is 2.74. The summed E-state index contributed by atoms with van der Waals surface area (Å²) in [5.41, 5.74) is 2.01. The van der Waals surface area contributed by atoms with Crippen molar-refractivity contribution in [2.75, 3.05) is 11.6 Å². The SMILES string of the molecule is CCC(C)(C)CC(CN(O)C=O)C(=O)N(N)c1nnc2cc(C)ccc2n1. The highest BCUT2D eigenvalue weighted by Gasteiger charge is 2.32. The van der Waals surface area contributed by atoms with E-state index in [1.165, 1.54) is 0 Å². The highest BCUT2D eigenvalue weighted by atomic mass is 16.5. The Morgan fingerprint density at radius 2 is 2.04 bits per heavy atom. The molecule has 2 amide bonds. The summed E-state index contributed by atoms with van der Waals surface area (Å²) in [4.78, 5) is 28.0. The van der Waals surface area contributed by atoms with Gasteiger partial charge in [-0.2, -0.15) is 0 Å². The van der Waals surface area contributed by atoms with Crippen molar-refractivity contribution in [1.82, 2.24) is 20.2 Å². The molecule has 0 fully saturated rings. The molecule has 1 aromatic heterocycles. The number of nitrogens with two attached hydrogens (primary N) is 1. The van der Waals surface area contributed by atoms with Gasteiger partial charge < -0.3 is 0 Å². The van der Waals surface area contributed by atoms with Crippen molar-refractivity contribution < 1.29 is 14.8 Å². The first-order chi connectivity index (χ1) is 12.7. The molecule has 0 saturated heterocycles. The molecule has 9 nitrogen and oxygen atoms in total. The highest BCUT2D eigenvalue weighted by Crippen LogP contribution is 2.30. The van der Waals surface area contributed by atoms with Crippen LogP contribution in [0.1, 0.15) is 39.2 Å². The third-order valence-corrected chi connectivity index (χ3v) is 4.69. The van der Waals surface area contributed by atoms with Gasteiger partial charge in [-0.15, -0.1) is 10.2 Å². The molecule has 3 N–H and O–H groups in total. The maximum atomic E-state index is 12.9. The van der Waals surface area contributed by atoms with Crippen LogP contribution in [0.3, 0.4) is 0 Å². The number of hydrazine groups is 1. The van der Waals surface area contributed by atoms with Crippen LogP contribution < -0.4 is 10.9 Å². The van der Waals surface area contributed by atoms with Crippen molar-refractivity contribution in [2.45, 2.75) is 40.5 Å².